The Kier molecular flexibility index (Phi) is 6.64. The van der Waals surface area contributed by atoms with Crippen molar-refractivity contribution < 1.29 is 14.3 Å². The lowest BCUT2D eigenvalue weighted by Crippen LogP contribution is -2.21. The van der Waals surface area contributed by atoms with Crippen LogP contribution in [-0.2, 0) is 20.7 Å². The van der Waals surface area contributed by atoms with Crippen molar-refractivity contribution in [1.29, 1.82) is 0 Å². The number of nitrogens with zero attached hydrogens (tertiary/aromatic N) is 2. The number of esters is 1. The first-order chi connectivity index (χ1) is 13.5. The number of hydrogen-bond acceptors (Lipinski definition) is 7. The highest BCUT2D eigenvalue weighted by Crippen LogP contribution is 2.34. The van der Waals surface area contributed by atoms with E-state index in [1.165, 1.54) is 23.0 Å². The number of benzene rings is 1. The molecule has 6 nitrogen and oxygen atoms in total. The Labute approximate surface area is 171 Å². The number of carbonyl (C=O) groups is 2. The van der Waals surface area contributed by atoms with Gasteiger partial charge in [0.2, 0.25) is 0 Å². The van der Waals surface area contributed by atoms with Crippen LogP contribution >= 0.6 is 23.1 Å². The second kappa shape index (κ2) is 9.16. The van der Waals surface area contributed by atoms with Gasteiger partial charge in [0, 0.05) is 16.0 Å². The molecule has 0 unspecified atom stereocenters. The molecule has 0 atom stereocenters. The number of rotatable bonds is 7. The Morgan fingerprint density at radius 2 is 2.07 bits per heavy atom. The number of aromatic nitrogens is 2. The molecular weight excluding hydrogens is 394 g/mol. The summed E-state index contributed by atoms with van der Waals surface area (Å²) in [6.45, 7) is 5.80. The van der Waals surface area contributed by atoms with E-state index in [-0.39, 0.29) is 18.3 Å². The van der Waals surface area contributed by atoms with Crippen molar-refractivity contribution in [3.63, 3.8) is 0 Å². The van der Waals surface area contributed by atoms with Crippen LogP contribution in [0.1, 0.15) is 22.9 Å². The second-order valence-corrected chi connectivity index (χ2v) is 8.36. The zero-order chi connectivity index (χ0) is 20.1. The van der Waals surface area contributed by atoms with Crippen LogP contribution < -0.4 is 5.32 Å². The molecule has 3 aromatic rings. The van der Waals surface area contributed by atoms with Gasteiger partial charge in [-0.15, -0.1) is 11.3 Å². The number of ether oxygens (including phenoxy) is 1. The van der Waals surface area contributed by atoms with Gasteiger partial charge in [0.25, 0.3) is 5.91 Å². The molecule has 1 aromatic carbocycles. The van der Waals surface area contributed by atoms with Crippen LogP contribution in [0, 0.1) is 13.8 Å². The monoisotopic (exact) mass is 415 g/mol. The highest BCUT2D eigenvalue weighted by Gasteiger charge is 2.15. The lowest BCUT2D eigenvalue weighted by molar-refractivity contribution is -0.144. The summed E-state index contributed by atoms with van der Waals surface area (Å²) >= 11 is 2.91. The van der Waals surface area contributed by atoms with E-state index in [1.807, 2.05) is 39.0 Å². The molecule has 28 heavy (non-hydrogen) atoms. The summed E-state index contributed by atoms with van der Waals surface area (Å²) in [5, 5.41) is 4.48. The molecule has 1 N–H and O–H groups in total. The van der Waals surface area contributed by atoms with Crippen molar-refractivity contribution in [2.24, 2.45) is 0 Å². The normalized spacial score (nSPS) is 10.8. The minimum Gasteiger partial charge on any atom is -0.455 e. The lowest BCUT2D eigenvalue weighted by Gasteiger charge is -2.08. The Hall–Kier alpha value is -2.45. The second-order valence-electron chi connectivity index (χ2n) is 6.19. The van der Waals surface area contributed by atoms with E-state index in [4.69, 9.17) is 4.74 Å². The van der Waals surface area contributed by atoms with Crippen LogP contribution in [0.5, 0.6) is 0 Å². The van der Waals surface area contributed by atoms with Gasteiger partial charge < -0.3 is 10.1 Å². The van der Waals surface area contributed by atoms with E-state index in [1.54, 1.807) is 17.4 Å². The molecule has 2 heterocycles. The van der Waals surface area contributed by atoms with Crippen LogP contribution in [-0.4, -0.2) is 34.2 Å². The van der Waals surface area contributed by atoms with Crippen molar-refractivity contribution in [2.75, 3.05) is 17.7 Å². The minimum atomic E-state index is -0.459. The molecule has 0 radical (unpaired) electrons. The molecule has 8 heteroatoms. The Balaban J connectivity index is 1.51. The van der Waals surface area contributed by atoms with Crippen molar-refractivity contribution >= 4 is 50.9 Å². The van der Waals surface area contributed by atoms with Crippen molar-refractivity contribution in [3.05, 3.63) is 46.6 Å². The molecule has 2 aromatic heterocycles. The van der Waals surface area contributed by atoms with Gasteiger partial charge in [0.15, 0.2) is 6.61 Å². The highest BCUT2D eigenvalue weighted by atomic mass is 32.2. The fourth-order valence-corrected chi connectivity index (χ4v) is 4.56. The van der Waals surface area contributed by atoms with Crippen molar-refractivity contribution in [3.8, 4) is 0 Å². The SMILES string of the molecule is CCc1cccc(NC(=O)COC(=O)CSc2ncnc3sc(C)c(C)c23)c1. The van der Waals surface area contributed by atoms with Gasteiger partial charge in [-0.05, 0) is 43.5 Å². The lowest BCUT2D eigenvalue weighted by atomic mass is 10.1. The van der Waals surface area contributed by atoms with Crippen molar-refractivity contribution in [2.45, 2.75) is 32.2 Å². The van der Waals surface area contributed by atoms with E-state index in [9.17, 15) is 9.59 Å². The van der Waals surface area contributed by atoms with Crippen LogP contribution in [0.15, 0.2) is 35.6 Å². The molecule has 0 bridgehead atoms. The molecule has 0 saturated heterocycles. The fraction of sp³-hybridized carbons (Fsp3) is 0.300. The summed E-state index contributed by atoms with van der Waals surface area (Å²) < 4.78 is 5.09. The number of anilines is 1. The number of hydrogen-bond donors (Lipinski definition) is 1. The molecular formula is C20H21N3O3S2. The molecule has 0 saturated carbocycles. The van der Waals surface area contributed by atoms with Crippen LogP contribution in [0.2, 0.25) is 0 Å². The number of nitrogens with one attached hydrogen (secondary N) is 1. The fourth-order valence-electron chi connectivity index (χ4n) is 2.64. The Morgan fingerprint density at radius 3 is 2.86 bits per heavy atom. The maximum absolute atomic E-state index is 12.0. The Bertz CT molecular complexity index is 1020. The standard InChI is InChI=1S/C20H21N3O3S2/c1-4-14-6-5-7-15(8-14)23-16(24)9-26-17(25)10-27-19-18-12(2)13(3)28-20(18)22-11-21-19/h5-8,11H,4,9-10H2,1-3H3,(H,23,24). The number of amides is 1. The molecule has 0 aliphatic carbocycles. The van der Waals surface area contributed by atoms with Gasteiger partial charge in [-0.3, -0.25) is 9.59 Å². The van der Waals surface area contributed by atoms with E-state index < -0.39 is 5.97 Å². The van der Waals surface area contributed by atoms with Gasteiger partial charge in [-0.25, -0.2) is 9.97 Å². The van der Waals surface area contributed by atoms with E-state index >= 15 is 0 Å². The average Bonchev–Trinajstić information content (AvgIpc) is 2.99. The molecule has 0 spiro atoms. The third-order valence-corrected chi connectivity index (χ3v) is 6.32. The Morgan fingerprint density at radius 1 is 1.25 bits per heavy atom. The van der Waals surface area contributed by atoms with Gasteiger partial charge in [0.05, 0.1) is 5.75 Å². The number of thiophene rings is 1. The average molecular weight is 416 g/mol. The van der Waals surface area contributed by atoms with Gasteiger partial charge in [-0.1, -0.05) is 30.8 Å². The third kappa shape index (κ3) is 4.88. The summed E-state index contributed by atoms with van der Waals surface area (Å²) in [4.78, 5) is 34.7. The summed E-state index contributed by atoms with van der Waals surface area (Å²) in [6.07, 6.45) is 2.39. The van der Waals surface area contributed by atoms with Crippen molar-refractivity contribution in [1.82, 2.24) is 9.97 Å². The number of carbonyl (C=O) groups excluding carboxylic acids is 2. The highest BCUT2D eigenvalue weighted by molar-refractivity contribution is 8.00. The summed E-state index contributed by atoms with van der Waals surface area (Å²) in [5.74, 6) is -0.738. The molecule has 1 amide bonds. The maximum atomic E-state index is 12.0. The zero-order valence-electron chi connectivity index (χ0n) is 15.9. The zero-order valence-corrected chi connectivity index (χ0v) is 17.6. The first kappa shape index (κ1) is 20.3. The molecule has 0 fully saturated rings. The van der Waals surface area contributed by atoms with E-state index in [2.05, 4.69) is 15.3 Å². The molecule has 3 rings (SSSR count). The predicted molar refractivity (Wildman–Crippen MR) is 113 cm³/mol. The summed E-state index contributed by atoms with van der Waals surface area (Å²) in [7, 11) is 0. The largest absolute Gasteiger partial charge is 0.455 e. The van der Waals surface area contributed by atoms with E-state index in [0.717, 1.165) is 32.8 Å². The molecule has 0 aliphatic rings. The molecule has 0 aliphatic heterocycles. The van der Waals surface area contributed by atoms with Crippen LogP contribution in [0.4, 0.5) is 5.69 Å². The number of aryl methyl sites for hydroxylation is 3. The summed E-state index contributed by atoms with van der Waals surface area (Å²) in [6, 6.07) is 7.59. The third-order valence-electron chi connectivity index (χ3n) is 4.24. The first-order valence-corrected chi connectivity index (χ1v) is 10.7. The topological polar surface area (TPSA) is 81.2 Å². The van der Waals surface area contributed by atoms with Crippen LogP contribution in [0.3, 0.4) is 0 Å². The van der Waals surface area contributed by atoms with Gasteiger partial charge in [0.1, 0.15) is 16.2 Å². The summed E-state index contributed by atoms with van der Waals surface area (Å²) in [5.41, 5.74) is 2.95. The predicted octanol–water partition coefficient (Wildman–Crippen LogP) is 4.14. The quantitative estimate of drug-likeness (QED) is 0.355. The van der Waals surface area contributed by atoms with Crippen LogP contribution in [0.25, 0.3) is 10.2 Å². The van der Waals surface area contributed by atoms with Gasteiger partial charge in [-0.2, -0.15) is 0 Å². The minimum absolute atomic E-state index is 0.0824. The smallest absolute Gasteiger partial charge is 0.316 e. The van der Waals surface area contributed by atoms with Gasteiger partial charge >= 0.3 is 5.97 Å². The first-order valence-electron chi connectivity index (χ1n) is 8.85. The van der Waals surface area contributed by atoms with E-state index in [0.29, 0.717) is 5.69 Å². The number of fused-ring (bicyclic) bond motifs is 1. The molecule has 146 valence electrons. The maximum Gasteiger partial charge on any atom is 0.316 e. The number of thioether (sulfide) groups is 1.